The molecular formula is C13H19N3O2. The SMILES string of the molecule is CNC1CCCN(C(=O)c2c[nH]c(C)cc2=O)C1. The Hall–Kier alpha value is -1.62. The van der Waals surface area contributed by atoms with Crippen molar-refractivity contribution in [1.29, 1.82) is 0 Å². The molecule has 1 saturated heterocycles. The van der Waals surface area contributed by atoms with Gasteiger partial charge in [0.15, 0.2) is 5.43 Å². The normalized spacial score (nSPS) is 19.9. The zero-order valence-electron chi connectivity index (χ0n) is 10.8. The van der Waals surface area contributed by atoms with Crippen LogP contribution in [0.4, 0.5) is 0 Å². The minimum Gasteiger partial charge on any atom is -0.364 e. The number of pyridine rings is 1. The van der Waals surface area contributed by atoms with Gasteiger partial charge in [-0.05, 0) is 26.8 Å². The molecule has 1 fully saturated rings. The summed E-state index contributed by atoms with van der Waals surface area (Å²) in [4.78, 5) is 28.7. The van der Waals surface area contributed by atoms with E-state index >= 15 is 0 Å². The summed E-state index contributed by atoms with van der Waals surface area (Å²) in [6.45, 7) is 3.20. The lowest BCUT2D eigenvalue weighted by Crippen LogP contribution is -2.47. The van der Waals surface area contributed by atoms with Crippen LogP contribution in [-0.4, -0.2) is 42.0 Å². The van der Waals surface area contributed by atoms with Gasteiger partial charge >= 0.3 is 0 Å². The van der Waals surface area contributed by atoms with Gasteiger partial charge in [-0.2, -0.15) is 0 Å². The van der Waals surface area contributed by atoms with Crippen molar-refractivity contribution in [2.24, 2.45) is 0 Å². The number of carbonyl (C=O) groups excluding carboxylic acids is 1. The Morgan fingerprint density at radius 1 is 1.56 bits per heavy atom. The maximum absolute atomic E-state index is 12.3. The number of carbonyl (C=O) groups is 1. The third-order valence-corrected chi connectivity index (χ3v) is 3.40. The van der Waals surface area contributed by atoms with Gasteiger partial charge in [0, 0.05) is 37.1 Å². The number of amides is 1. The van der Waals surface area contributed by atoms with E-state index in [-0.39, 0.29) is 16.9 Å². The van der Waals surface area contributed by atoms with Crippen LogP contribution in [-0.2, 0) is 0 Å². The third kappa shape index (κ3) is 2.61. The summed E-state index contributed by atoms with van der Waals surface area (Å²) in [6.07, 6.45) is 3.56. The van der Waals surface area contributed by atoms with Gasteiger partial charge in [0.1, 0.15) is 5.56 Å². The molecule has 0 bridgehead atoms. The van der Waals surface area contributed by atoms with Gasteiger partial charge in [-0.3, -0.25) is 9.59 Å². The molecular weight excluding hydrogens is 230 g/mol. The number of rotatable bonds is 2. The fraction of sp³-hybridized carbons (Fsp3) is 0.538. The van der Waals surface area contributed by atoms with Crippen LogP contribution in [0.2, 0.25) is 0 Å². The molecule has 1 atom stereocenters. The first-order chi connectivity index (χ1) is 8.61. The van der Waals surface area contributed by atoms with E-state index in [9.17, 15) is 9.59 Å². The molecule has 0 spiro atoms. The number of aryl methyl sites for hydroxylation is 1. The molecule has 1 amide bonds. The van der Waals surface area contributed by atoms with E-state index < -0.39 is 0 Å². The van der Waals surface area contributed by atoms with Crippen LogP contribution in [0.5, 0.6) is 0 Å². The number of aromatic amines is 1. The molecule has 98 valence electrons. The highest BCUT2D eigenvalue weighted by Gasteiger charge is 2.24. The van der Waals surface area contributed by atoms with Crippen molar-refractivity contribution in [1.82, 2.24) is 15.2 Å². The number of H-pyrrole nitrogens is 1. The van der Waals surface area contributed by atoms with Crippen LogP contribution in [0.3, 0.4) is 0 Å². The van der Waals surface area contributed by atoms with Gasteiger partial charge in [-0.25, -0.2) is 0 Å². The molecule has 1 unspecified atom stereocenters. The number of nitrogens with one attached hydrogen (secondary N) is 2. The van der Waals surface area contributed by atoms with Gasteiger partial charge in [0.25, 0.3) is 5.91 Å². The monoisotopic (exact) mass is 249 g/mol. The van der Waals surface area contributed by atoms with Crippen molar-refractivity contribution in [3.8, 4) is 0 Å². The van der Waals surface area contributed by atoms with E-state index in [1.54, 1.807) is 11.8 Å². The van der Waals surface area contributed by atoms with Crippen molar-refractivity contribution in [2.45, 2.75) is 25.8 Å². The number of aromatic nitrogens is 1. The van der Waals surface area contributed by atoms with Crippen LogP contribution in [0, 0.1) is 6.92 Å². The van der Waals surface area contributed by atoms with Gasteiger partial charge in [-0.1, -0.05) is 0 Å². The second-order valence-electron chi connectivity index (χ2n) is 4.77. The van der Waals surface area contributed by atoms with Crippen molar-refractivity contribution >= 4 is 5.91 Å². The Bertz CT molecular complexity index is 495. The molecule has 2 rings (SSSR count). The average molecular weight is 249 g/mol. The van der Waals surface area contributed by atoms with Gasteiger partial charge in [0.05, 0.1) is 0 Å². The molecule has 5 nitrogen and oxygen atoms in total. The Kier molecular flexibility index (Phi) is 3.81. The van der Waals surface area contributed by atoms with Gasteiger partial charge in [0.2, 0.25) is 0 Å². The molecule has 1 aliphatic heterocycles. The number of hydrogen-bond donors (Lipinski definition) is 2. The minimum atomic E-state index is -0.206. The number of hydrogen-bond acceptors (Lipinski definition) is 3. The van der Waals surface area contributed by atoms with E-state index in [1.165, 1.54) is 12.3 Å². The lowest BCUT2D eigenvalue weighted by molar-refractivity contribution is 0.0696. The number of nitrogens with zero attached hydrogens (tertiary/aromatic N) is 1. The zero-order valence-corrected chi connectivity index (χ0v) is 10.8. The lowest BCUT2D eigenvalue weighted by atomic mass is 10.0. The zero-order chi connectivity index (χ0) is 13.1. The molecule has 5 heteroatoms. The summed E-state index contributed by atoms with van der Waals surface area (Å²) in [5, 5.41) is 3.18. The van der Waals surface area contributed by atoms with Crippen LogP contribution in [0.25, 0.3) is 0 Å². The summed E-state index contributed by atoms with van der Waals surface area (Å²) < 4.78 is 0. The van der Waals surface area contributed by atoms with Crippen LogP contribution < -0.4 is 10.7 Å². The van der Waals surface area contributed by atoms with E-state index in [2.05, 4.69) is 10.3 Å². The molecule has 2 heterocycles. The first-order valence-electron chi connectivity index (χ1n) is 6.27. The molecule has 1 aromatic rings. The van der Waals surface area contributed by atoms with E-state index in [0.29, 0.717) is 12.6 Å². The van der Waals surface area contributed by atoms with E-state index in [4.69, 9.17) is 0 Å². The smallest absolute Gasteiger partial charge is 0.259 e. The molecule has 18 heavy (non-hydrogen) atoms. The highest BCUT2D eigenvalue weighted by atomic mass is 16.2. The summed E-state index contributed by atoms with van der Waals surface area (Å²) >= 11 is 0. The van der Waals surface area contributed by atoms with E-state index in [1.807, 2.05) is 7.05 Å². The van der Waals surface area contributed by atoms with Crippen molar-refractivity contribution < 1.29 is 4.79 Å². The predicted octanol–water partition coefficient (Wildman–Crippen LogP) is 0.507. The number of piperidine rings is 1. The molecule has 0 radical (unpaired) electrons. The third-order valence-electron chi connectivity index (χ3n) is 3.40. The molecule has 0 aliphatic carbocycles. The largest absolute Gasteiger partial charge is 0.364 e. The molecule has 0 saturated carbocycles. The minimum absolute atomic E-state index is 0.170. The van der Waals surface area contributed by atoms with E-state index in [0.717, 1.165) is 25.1 Å². The second kappa shape index (κ2) is 5.35. The lowest BCUT2D eigenvalue weighted by Gasteiger charge is -2.32. The summed E-state index contributed by atoms with van der Waals surface area (Å²) in [5.74, 6) is -0.170. The Balaban J connectivity index is 2.18. The van der Waals surface area contributed by atoms with Crippen LogP contribution in [0.1, 0.15) is 28.9 Å². The second-order valence-corrected chi connectivity index (χ2v) is 4.77. The summed E-state index contributed by atoms with van der Waals surface area (Å²) in [5.41, 5.74) is 0.795. The van der Waals surface area contributed by atoms with Crippen molar-refractivity contribution in [3.05, 3.63) is 33.7 Å². The average Bonchev–Trinajstić information content (AvgIpc) is 2.38. The first kappa shape index (κ1) is 12.8. The molecule has 2 N–H and O–H groups in total. The first-order valence-corrected chi connectivity index (χ1v) is 6.27. The maximum atomic E-state index is 12.3. The summed E-state index contributed by atoms with van der Waals surface area (Å²) in [6, 6.07) is 1.79. The fourth-order valence-corrected chi connectivity index (χ4v) is 2.31. The molecule has 0 aromatic carbocycles. The number of likely N-dealkylation sites (tertiary alicyclic amines) is 1. The van der Waals surface area contributed by atoms with Crippen LogP contribution in [0.15, 0.2) is 17.1 Å². The standard InChI is InChI=1S/C13H19N3O2/c1-9-6-12(17)11(7-15-9)13(18)16-5-3-4-10(8-16)14-2/h6-7,10,14H,3-5,8H2,1-2H3,(H,15,17). The predicted molar refractivity (Wildman–Crippen MR) is 69.8 cm³/mol. The Morgan fingerprint density at radius 2 is 2.33 bits per heavy atom. The topological polar surface area (TPSA) is 65.2 Å². The Morgan fingerprint density at radius 3 is 3.00 bits per heavy atom. The van der Waals surface area contributed by atoms with Crippen molar-refractivity contribution in [3.63, 3.8) is 0 Å². The summed E-state index contributed by atoms with van der Waals surface area (Å²) in [7, 11) is 1.90. The highest BCUT2D eigenvalue weighted by Crippen LogP contribution is 2.12. The molecule has 1 aromatic heterocycles. The highest BCUT2D eigenvalue weighted by molar-refractivity contribution is 5.93. The van der Waals surface area contributed by atoms with Gasteiger partial charge in [-0.15, -0.1) is 0 Å². The Labute approximate surface area is 106 Å². The fourth-order valence-electron chi connectivity index (χ4n) is 2.31. The quantitative estimate of drug-likeness (QED) is 0.802. The van der Waals surface area contributed by atoms with Gasteiger partial charge < -0.3 is 15.2 Å². The maximum Gasteiger partial charge on any atom is 0.259 e. The number of likely N-dealkylation sites (N-methyl/N-ethyl adjacent to an activating group) is 1. The molecule has 1 aliphatic rings. The van der Waals surface area contributed by atoms with Crippen molar-refractivity contribution in [2.75, 3.05) is 20.1 Å². The van der Waals surface area contributed by atoms with Crippen LogP contribution >= 0.6 is 0 Å².